The molecule has 100 valence electrons. The third-order valence-corrected chi connectivity index (χ3v) is 4.75. The van der Waals surface area contributed by atoms with Crippen molar-refractivity contribution >= 4 is 28.9 Å². The van der Waals surface area contributed by atoms with Crippen molar-refractivity contribution in [2.24, 2.45) is 0 Å². The Labute approximate surface area is 122 Å². The summed E-state index contributed by atoms with van der Waals surface area (Å²) in [7, 11) is 0. The van der Waals surface area contributed by atoms with Gasteiger partial charge in [-0.1, -0.05) is 11.6 Å². The Hall–Kier alpha value is -1.00. The van der Waals surface area contributed by atoms with Gasteiger partial charge < -0.3 is 15.0 Å². The molecule has 2 unspecified atom stereocenters. The van der Waals surface area contributed by atoms with Crippen LogP contribution in [0.2, 0.25) is 5.02 Å². The van der Waals surface area contributed by atoms with Crippen molar-refractivity contribution in [3.63, 3.8) is 0 Å². The Morgan fingerprint density at radius 2 is 2.26 bits per heavy atom. The Kier molecular flexibility index (Phi) is 2.34. The SMILES string of the molecule is CC12CC(NC(=S)N1C1CC1)c1cc(Cl)ccc1O2. The van der Waals surface area contributed by atoms with E-state index in [0.29, 0.717) is 6.04 Å². The van der Waals surface area contributed by atoms with Crippen LogP contribution in [-0.4, -0.2) is 21.8 Å². The number of nitrogens with one attached hydrogen (secondary N) is 1. The molecule has 19 heavy (non-hydrogen) atoms. The summed E-state index contributed by atoms with van der Waals surface area (Å²) in [5.74, 6) is 0.920. The standard InChI is InChI=1S/C14H15ClN2OS/c1-14-7-11(16-13(19)17(14)9-3-4-9)10-6-8(15)2-5-12(10)18-14/h2,5-6,9,11H,3-4,7H2,1H3,(H,16,19). The van der Waals surface area contributed by atoms with Crippen LogP contribution in [0.25, 0.3) is 0 Å². The minimum absolute atomic E-state index is 0.204. The maximum Gasteiger partial charge on any atom is 0.184 e. The molecule has 0 amide bonds. The zero-order chi connectivity index (χ0) is 13.2. The van der Waals surface area contributed by atoms with E-state index in [1.807, 2.05) is 18.2 Å². The lowest BCUT2D eigenvalue weighted by atomic mass is 9.90. The van der Waals surface area contributed by atoms with E-state index in [4.69, 9.17) is 28.6 Å². The smallest absolute Gasteiger partial charge is 0.184 e. The van der Waals surface area contributed by atoms with Gasteiger partial charge in [0, 0.05) is 23.0 Å². The van der Waals surface area contributed by atoms with Gasteiger partial charge in [0.15, 0.2) is 10.8 Å². The number of benzene rings is 1. The third kappa shape index (κ3) is 1.73. The summed E-state index contributed by atoms with van der Waals surface area (Å²) in [6.07, 6.45) is 3.31. The van der Waals surface area contributed by atoms with Crippen molar-refractivity contribution < 1.29 is 4.74 Å². The molecule has 3 aliphatic rings. The first kappa shape index (κ1) is 11.8. The Morgan fingerprint density at radius 1 is 1.47 bits per heavy atom. The lowest BCUT2D eigenvalue weighted by molar-refractivity contribution is -0.0721. The molecule has 1 aromatic carbocycles. The fourth-order valence-electron chi connectivity index (χ4n) is 3.25. The van der Waals surface area contributed by atoms with E-state index < -0.39 is 0 Å². The van der Waals surface area contributed by atoms with Crippen molar-refractivity contribution in [3.05, 3.63) is 28.8 Å². The molecule has 1 saturated heterocycles. The van der Waals surface area contributed by atoms with Crippen molar-refractivity contribution in [2.75, 3.05) is 0 Å². The molecule has 1 saturated carbocycles. The second-order valence-corrected chi connectivity index (χ2v) is 6.59. The molecule has 5 heteroatoms. The molecule has 0 spiro atoms. The molecule has 1 N–H and O–H groups in total. The molecule has 2 fully saturated rings. The molecule has 1 aromatic rings. The van der Waals surface area contributed by atoms with E-state index >= 15 is 0 Å². The fraction of sp³-hybridized carbons (Fsp3) is 0.500. The van der Waals surface area contributed by atoms with Gasteiger partial charge in [0.2, 0.25) is 0 Å². The van der Waals surface area contributed by atoms with Gasteiger partial charge in [-0.2, -0.15) is 0 Å². The first-order valence-electron chi connectivity index (χ1n) is 6.65. The van der Waals surface area contributed by atoms with Crippen LogP contribution in [0.1, 0.15) is 37.8 Å². The first-order chi connectivity index (χ1) is 9.07. The summed E-state index contributed by atoms with van der Waals surface area (Å²) < 4.78 is 6.27. The number of nitrogens with zero attached hydrogens (tertiary/aromatic N) is 1. The van der Waals surface area contributed by atoms with Gasteiger partial charge in [-0.05, 0) is 50.2 Å². The third-order valence-electron chi connectivity index (χ3n) is 4.20. The van der Waals surface area contributed by atoms with Gasteiger partial charge in [0.1, 0.15) is 5.75 Å². The maximum absolute atomic E-state index is 6.27. The van der Waals surface area contributed by atoms with Crippen LogP contribution in [0.3, 0.4) is 0 Å². The minimum atomic E-state index is -0.324. The molecule has 4 rings (SSSR count). The van der Waals surface area contributed by atoms with Crippen LogP contribution in [0.4, 0.5) is 0 Å². The predicted octanol–water partition coefficient (Wildman–Crippen LogP) is 3.23. The summed E-state index contributed by atoms with van der Waals surface area (Å²) in [6.45, 7) is 2.14. The number of rotatable bonds is 1. The Morgan fingerprint density at radius 3 is 3.00 bits per heavy atom. The number of halogens is 1. The zero-order valence-electron chi connectivity index (χ0n) is 10.6. The van der Waals surface area contributed by atoms with Gasteiger partial charge in [0.25, 0.3) is 0 Å². The number of thiocarbonyl (C=S) groups is 1. The van der Waals surface area contributed by atoms with Crippen LogP contribution in [0.15, 0.2) is 18.2 Å². The van der Waals surface area contributed by atoms with Crippen molar-refractivity contribution in [2.45, 2.75) is 44.0 Å². The van der Waals surface area contributed by atoms with Gasteiger partial charge in [-0.3, -0.25) is 0 Å². The van der Waals surface area contributed by atoms with E-state index in [-0.39, 0.29) is 11.8 Å². The molecule has 0 radical (unpaired) electrons. The van der Waals surface area contributed by atoms with Crippen LogP contribution >= 0.6 is 23.8 Å². The number of hydrogen-bond acceptors (Lipinski definition) is 2. The highest BCUT2D eigenvalue weighted by Crippen LogP contribution is 2.47. The first-order valence-corrected chi connectivity index (χ1v) is 7.44. The molecular weight excluding hydrogens is 280 g/mol. The highest BCUT2D eigenvalue weighted by molar-refractivity contribution is 7.80. The molecular formula is C14H15ClN2OS. The Balaban J connectivity index is 1.80. The second-order valence-electron chi connectivity index (χ2n) is 5.77. The maximum atomic E-state index is 6.27. The number of ether oxygens (including phenoxy) is 1. The van der Waals surface area contributed by atoms with Crippen LogP contribution in [0.5, 0.6) is 5.75 Å². The molecule has 2 atom stereocenters. The normalized spacial score (nSPS) is 32.4. The summed E-state index contributed by atoms with van der Waals surface area (Å²) in [5, 5.41) is 5.00. The van der Waals surface area contributed by atoms with Crippen LogP contribution in [0, 0.1) is 0 Å². The second kappa shape index (κ2) is 3.76. The van der Waals surface area contributed by atoms with Crippen molar-refractivity contribution in [3.8, 4) is 5.75 Å². The van der Waals surface area contributed by atoms with Crippen molar-refractivity contribution in [1.29, 1.82) is 0 Å². The van der Waals surface area contributed by atoms with E-state index in [1.54, 1.807) is 0 Å². The zero-order valence-corrected chi connectivity index (χ0v) is 12.2. The number of hydrogen-bond donors (Lipinski definition) is 1. The fourth-order valence-corrected chi connectivity index (χ4v) is 3.91. The highest BCUT2D eigenvalue weighted by Gasteiger charge is 2.52. The summed E-state index contributed by atoms with van der Waals surface area (Å²) in [5.41, 5.74) is 0.789. The van der Waals surface area contributed by atoms with E-state index in [9.17, 15) is 0 Å². The number of fused-ring (bicyclic) bond motifs is 4. The van der Waals surface area contributed by atoms with Gasteiger partial charge in [-0.25, -0.2) is 0 Å². The summed E-state index contributed by atoms with van der Waals surface area (Å²) in [6, 6.07) is 6.56. The average Bonchev–Trinajstić information content (AvgIpc) is 3.14. The molecule has 1 aliphatic carbocycles. The monoisotopic (exact) mass is 294 g/mol. The quantitative estimate of drug-likeness (QED) is 0.804. The molecule has 3 nitrogen and oxygen atoms in total. The van der Waals surface area contributed by atoms with Crippen LogP contribution < -0.4 is 10.1 Å². The Bertz CT molecular complexity index is 575. The molecule has 0 aromatic heterocycles. The molecule has 2 heterocycles. The largest absolute Gasteiger partial charge is 0.468 e. The predicted molar refractivity (Wildman–Crippen MR) is 78.4 cm³/mol. The van der Waals surface area contributed by atoms with E-state index in [0.717, 1.165) is 27.9 Å². The van der Waals surface area contributed by atoms with Crippen molar-refractivity contribution in [1.82, 2.24) is 10.2 Å². The molecule has 2 bridgehead atoms. The summed E-state index contributed by atoms with van der Waals surface area (Å²) in [4.78, 5) is 2.25. The minimum Gasteiger partial charge on any atom is -0.468 e. The molecule has 2 aliphatic heterocycles. The average molecular weight is 295 g/mol. The lowest BCUT2D eigenvalue weighted by Gasteiger charge is -2.52. The van der Waals surface area contributed by atoms with E-state index in [2.05, 4.69) is 17.1 Å². The lowest BCUT2D eigenvalue weighted by Crippen LogP contribution is -2.65. The van der Waals surface area contributed by atoms with Gasteiger partial charge in [-0.15, -0.1) is 0 Å². The highest BCUT2D eigenvalue weighted by atomic mass is 35.5. The van der Waals surface area contributed by atoms with E-state index in [1.165, 1.54) is 12.8 Å². The van der Waals surface area contributed by atoms with Crippen LogP contribution in [-0.2, 0) is 0 Å². The topological polar surface area (TPSA) is 24.5 Å². The summed E-state index contributed by atoms with van der Waals surface area (Å²) >= 11 is 11.6. The van der Waals surface area contributed by atoms with Gasteiger partial charge in [0.05, 0.1) is 6.04 Å². The van der Waals surface area contributed by atoms with Gasteiger partial charge >= 0.3 is 0 Å².